The van der Waals surface area contributed by atoms with E-state index in [9.17, 15) is 9.59 Å². The molecule has 1 unspecified atom stereocenters. The third kappa shape index (κ3) is 5.12. The Hall–Kier alpha value is -1.26. The number of fused-ring (bicyclic) bond motifs is 1. The Morgan fingerprint density at radius 1 is 1.29 bits per heavy atom. The molecule has 4 nitrogen and oxygen atoms in total. The molecule has 0 heterocycles. The van der Waals surface area contributed by atoms with Gasteiger partial charge in [0.1, 0.15) is 0 Å². The zero-order chi connectivity index (χ0) is 17.5. The molecule has 0 saturated heterocycles. The van der Waals surface area contributed by atoms with Crippen LogP contribution in [0.5, 0.6) is 0 Å². The van der Waals surface area contributed by atoms with Crippen molar-refractivity contribution in [3.63, 3.8) is 0 Å². The average molecular weight is 371 g/mol. The summed E-state index contributed by atoms with van der Waals surface area (Å²) in [5.74, 6) is -0.387. The minimum Gasteiger partial charge on any atom is -0.349 e. The highest BCUT2D eigenvalue weighted by Gasteiger charge is 2.23. The van der Waals surface area contributed by atoms with Gasteiger partial charge in [0, 0.05) is 19.5 Å². The molecule has 2 rings (SSSR count). The van der Waals surface area contributed by atoms with E-state index in [1.165, 1.54) is 11.1 Å². The first-order chi connectivity index (χ1) is 11.5. The summed E-state index contributed by atoms with van der Waals surface area (Å²) in [7, 11) is 0. The zero-order valence-corrected chi connectivity index (χ0v) is 15.4. The van der Waals surface area contributed by atoms with E-state index >= 15 is 0 Å². The molecule has 1 aromatic rings. The number of hydrogen-bond donors (Lipinski definition) is 1. The Morgan fingerprint density at radius 3 is 2.75 bits per heavy atom. The largest absolute Gasteiger partial charge is 0.349 e. The van der Waals surface area contributed by atoms with Gasteiger partial charge < -0.3 is 10.2 Å². The molecule has 2 amide bonds. The van der Waals surface area contributed by atoms with Gasteiger partial charge in [-0.15, -0.1) is 0 Å². The first-order valence-electron chi connectivity index (χ1n) is 8.47. The summed E-state index contributed by atoms with van der Waals surface area (Å²) in [6.07, 6.45) is 4.14. The van der Waals surface area contributed by atoms with E-state index in [2.05, 4.69) is 17.4 Å². The van der Waals surface area contributed by atoms with Crippen LogP contribution in [0.2, 0.25) is 0 Å². The number of halogens is 2. The van der Waals surface area contributed by atoms with Gasteiger partial charge in [-0.2, -0.15) is 0 Å². The van der Waals surface area contributed by atoms with Crippen molar-refractivity contribution in [1.82, 2.24) is 10.2 Å². The molecule has 0 fully saturated rings. The van der Waals surface area contributed by atoms with Gasteiger partial charge in [0.25, 0.3) is 5.91 Å². The fourth-order valence-corrected chi connectivity index (χ4v) is 3.42. The predicted molar refractivity (Wildman–Crippen MR) is 97.2 cm³/mol. The van der Waals surface area contributed by atoms with Crippen molar-refractivity contribution in [2.45, 2.75) is 49.9 Å². The van der Waals surface area contributed by atoms with Crippen molar-refractivity contribution < 1.29 is 9.59 Å². The molecule has 0 spiro atoms. The maximum Gasteiger partial charge on any atom is 0.255 e. The van der Waals surface area contributed by atoms with E-state index in [4.69, 9.17) is 23.2 Å². The molecule has 0 aliphatic heterocycles. The fraction of sp³-hybridized carbons (Fsp3) is 0.556. The number of nitrogens with zero attached hydrogens (tertiary/aromatic N) is 1. The Bertz CT molecular complexity index is 578. The van der Waals surface area contributed by atoms with Crippen LogP contribution in [-0.2, 0) is 16.0 Å². The van der Waals surface area contributed by atoms with Gasteiger partial charge in [0.05, 0.1) is 6.04 Å². The number of nitrogens with one attached hydrogen (secondary N) is 1. The summed E-state index contributed by atoms with van der Waals surface area (Å²) in [4.78, 5) is 24.7. The van der Waals surface area contributed by atoms with E-state index in [1.54, 1.807) is 4.90 Å². The number of hydrogen-bond acceptors (Lipinski definition) is 2. The Labute approximate surface area is 153 Å². The molecule has 1 N–H and O–H groups in total. The van der Waals surface area contributed by atoms with Crippen molar-refractivity contribution in [2.75, 3.05) is 13.1 Å². The number of benzene rings is 1. The third-order valence-electron chi connectivity index (χ3n) is 4.31. The van der Waals surface area contributed by atoms with Crippen molar-refractivity contribution in [3.8, 4) is 0 Å². The number of carbonyl (C=O) groups is 2. The molecule has 24 heavy (non-hydrogen) atoms. The third-order valence-corrected chi connectivity index (χ3v) is 4.68. The van der Waals surface area contributed by atoms with E-state index in [-0.39, 0.29) is 24.3 Å². The first kappa shape index (κ1) is 19.1. The average Bonchev–Trinajstić information content (AvgIpc) is 2.58. The van der Waals surface area contributed by atoms with Gasteiger partial charge in [-0.05, 0) is 36.8 Å². The van der Waals surface area contributed by atoms with Gasteiger partial charge in [-0.1, -0.05) is 54.4 Å². The van der Waals surface area contributed by atoms with E-state index < -0.39 is 4.84 Å². The predicted octanol–water partition coefficient (Wildman–Crippen LogP) is 3.61. The van der Waals surface area contributed by atoms with Crippen LogP contribution in [0.1, 0.15) is 49.8 Å². The van der Waals surface area contributed by atoms with Gasteiger partial charge >= 0.3 is 0 Å². The second-order valence-corrected chi connectivity index (χ2v) is 7.18. The lowest BCUT2D eigenvalue weighted by Gasteiger charge is -2.27. The molecule has 1 aliphatic carbocycles. The van der Waals surface area contributed by atoms with Crippen LogP contribution in [0.25, 0.3) is 0 Å². The van der Waals surface area contributed by atoms with Crippen LogP contribution in [0.3, 0.4) is 0 Å². The highest BCUT2D eigenvalue weighted by molar-refractivity contribution is 6.53. The minimum atomic E-state index is -1.08. The summed E-state index contributed by atoms with van der Waals surface area (Å²) < 4.78 is 0. The molecule has 0 aromatic heterocycles. The molecule has 1 atom stereocenters. The first-order valence-corrected chi connectivity index (χ1v) is 9.34. The van der Waals surface area contributed by atoms with Crippen LogP contribution in [0, 0.1) is 0 Å². The van der Waals surface area contributed by atoms with E-state index in [0.717, 1.165) is 25.7 Å². The van der Waals surface area contributed by atoms with Crippen molar-refractivity contribution >= 4 is 35.0 Å². The smallest absolute Gasteiger partial charge is 0.255 e. The monoisotopic (exact) mass is 370 g/mol. The lowest BCUT2D eigenvalue weighted by molar-refractivity contribution is -0.130. The SMILES string of the molecule is CCCN(CCC(=O)NC1CCCc2ccccc21)C(=O)C(Cl)Cl. The van der Waals surface area contributed by atoms with Crippen molar-refractivity contribution in [1.29, 1.82) is 0 Å². The summed E-state index contributed by atoms with van der Waals surface area (Å²) >= 11 is 11.3. The zero-order valence-electron chi connectivity index (χ0n) is 13.9. The Morgan fingerprint density at radius 2 is 2.04 bits per heavy atom. The van der Waals surface area contributed by atoms with Crippen molar-refractivity contribution in [2.24, 2.45) is 0 Å². The van der Waals surface area contributed by atoms with Gasteiger partial charge in [-0.3, -0.25) is 9.59 Å². The van der Waals surface area contributed by atoms with Crippen LogP contribution in [-0.4, -0.2) is 34.6 Å². The lowest BCUT2D eigenvalue weighted by atomic mass is 9.87. The van der Waals surface area contributed by atoms with Crippen LogP contribution in [0.15, 0.2) is 24.3 Å². The maximum absolute atomic E-state index is 12.3. The second-order valence-electron chi connectivity index (χ2n) is 6.09. The molecule has 6 heteroatoms. The molecule has 0 radical (unpaired) electrons. The van der Waals surface area contributed by atoms with Crippen LogP contribution in [0.4, 0.5) is 0 Å². The summed E-state index contributed by atoms with van der Waals surface area (Å²) in [6, 6.07) is 8.30. The Balaban J connectivity index is 1.90. The topological polar surface area (TPSA) is 49.4 Å². The van der Waals surface area contributed by atoms with E-state index in [1.807, 2.05) is 19.1 Å². The molecule has 132 valence electrons. The number of alkyl halides is 2. The number of amides is 2. The number of rotatable bonds is 7. The summed E-state index contributed by atoms with van der Waals surface area (Å²) in [5, 5.41) is 3.10. The number of aryl methyl sites for hydroxylation is 1. The van der Waals surface area contributed by atoms with Gasteiger partial charge in [-0.25, -0.2) is 0 Å². The fourth-order valence-electron chi connectivity index (χ4n) is 3.15. The molecule has 1 aromatic carbocycles. The second kappa shape index (κ2) is 9.28. The molecule has 1 aliphatic rings. The van der Waals surface area contributed by atoms with Gasteiger partial charge in [0.15, 0.2) is 4.84 Å². The van der Waals surface area contributed by atoms with Gasteiger partial charge in [0.2, 0.25) is 5.91 Å². The van der Waals surface area contributed by atoms with Crippen molar-refractivity contribution in [3.05, 3.63) is 35.4 Å². The summed E-state index contributed by atoms with van der Waals surface area (Å²) in [5.41, 5.74) is 2.52. The minimum absolute atomic E-state index is 0.0497. The highest BCUT2D eigenvalue weighted by atomic mass is 35.5. The van der Waals surface area contributed by atoms with E-state index in [0.29, 0.717) is 13.1 Å². The van der Waals surface area contributed by atoms with Crippen LogP contribution >= 0.6 is 23.2 Å². The highest BCUT2D eigenvalue weighted by Crippen LogP contribution is 2.29. The quantitative estimate of drug-likeness (QED) is 0.745. The Kier molecular flexibility index (Phi) is 7.38. The van der Waals surface area contributed by atoms with Crippen LogP contribution < -0.4 is 5.32 Å². The molecule has 0 saturated carbocycles. The maximum atomic E-state index is 12.3. The molecule has 0 bridgehead atoms. The summed E-state index contributed by atoms with van der Waals surface area (Å²) in [6.45, 7) is 2.86. The molecular formula is C18H24Cl2N2O2. The normalized spacial score (nSPS) is 16.6. The number of carbonyl (C=O) groups excluding carboxylic acids is 2. The standard InChI is InChI=1S/C18H24Cl2N2O2/c1-2-11-22(18(24)17(19)20)12-10-16(23)21-15-9-5-7-13-6-3-4-8-14(13)15/h3-4,6,8,15,17H,2,5,7,9-12H2,1H3,(H,21,23). The molecular weight excluding hydrogens is 347 g/mol. The lowest BCUT2D eigenvalue weighted by Crippen LogP contribution is -2.39.